The predicted octanol–water partition coefficient (Wildman–Crippen LogP) is 9.98. The lowest BCUT2D eigenvalue weighted by Crippen LogP contribution is -2.29. The SMILES string of the molecule is CC(C)=CCC/C(C)=C/CC/C(C)=C/CNC(=O)c1ccccc1C(=O)NC/C=C(\C)CC/C=C(\C)CCC=C(C)C. The first-order chi connectivity index (χ1) is 20.0. The molecular weight excluding hydrogens is 516 g/mol. The molecule has 0 saturated carbocycles. The third-order valence-electron chi connectivity index (χ3n) is 7.09. The number of rotatable bonds is 18. The van der Waals surface area contributed by atoms with E-state index < -0.39 is 0 Å². The molecule has 0 aliphatic rings. The second-order valence-electron chi connectivity index (χ2n) is 11.9. The molecule has 2 amide bonds. The number of nitrogens with one attached hydrogen (secondary N) is 2. The molecule has 1 rings (SSSR count). The van der Waals surface area contributed by atoms with Crippen LogP contribution in [-0.4, -0.2) is 24.9 Å². The summed E-state index contributed by atoms with van der Waals surface area (Å²) < 4.78 is 0. The van der Waals surface area contributed by atoms with Gasteiger partial charge >= 0.3 is 0 Å². The first-order valence-electron chi connectivity index (χ1n) is 15.5. The van der Waals surface area contributed by atoms with Crippen LogP contribution in [-0.2, 0) is 0 Å². The van der Waals surface area contributed by atoms with Gasteiger partial charge in [-0.3, -0.25) is 9.59 Å². The standard InChI is InChI=1S/C38H56N2O2/c1-29(2)15-11-17-31(5)19-13-21-33(7)25-27-39-37(41)35-23-9-10-24-36(35)38(42)40-28-26-34(8)22-14-20-32(6)18-12-16-30(3)4/h9-10,15-16,19-20,23-26H,11-14,17-18,21-22,27-28H2,1-8H3,(H,39,41)(H,40,42)/b31-19+,32-20+,33-25+,34-26+. The topological polar surface area (TPSA) is 58.2 Å². The summed E-state index contributed by atoms with van der Waals surface area (Å²) in [5.41, 5.74) is 8.84. The van der Waals surface area contributed by atoms with Crippen molar-refractivity contribution in [3.63, 3.8) is 0 Å². The molecule has 0 unspecified atom stereocenters. The molecule has 0 aliphatic carbocycles. The molecule has 1 aromatic carbocycles. The van der Waals surface area contributed by atoms with Crippen molar-refractivity contribution in [2.75, 3.05) is 13.1 Å². The average Bonchev–Trinajstić information content (AvgIpc) is 2.92. The van der Waals surface area contributed by atoms with Crippen LogP contribution in [0.1, 0.15) is 127 Å². The fourth-order valence-electron chi connectivity index (χ4n) is 4.38. The summed E-state index contributed by atoms with van der Waals surface area (Å²) in [6.07, 6.45) is 21.6. The zero-order chi connectivity index (χ0) is 31.3. The third-order valence-corrected chi connectivity index (χ3v) is 7.09. The Kier molecular flexibility index (Phi) is 18.6. The van der Waals surface area contributed by atoms with Crippen LogP contribution < -0.4 is 10.6 Å². The summed E-state index contributed by atoms with van der Waals surface area (Å²) in [5.74, 6) is -0.475. The Morgan fingerprint density at radius 1 is 0.500 bits per heavy atom. The summed E-state index contributed by atoms with van der Waals surface area (Å²) in [7, 11) is 0. The van der Waals surface area contributed by atoms with Gasteiger partial charge in [0.1, 0.15) is 0 Å². The fourth-order valence-corrected chi connectivity index (χ4v) is 4.38. The van der Waals surface area contributed by atoms with Crippen molar-refractivity contribution in [3.05, 3.63) is 105 Å². The Labute approximate surface area is 256 Å². The van der Waals surface area contributed by atoms with E-state index >= 15 is 0 Å². The van der Waals surface area contributed by atoms with Crippen molar-refractivity contribution < 1.29 is 9.59 Å². The van der Waals surface area contributed by atoms with E-state index in [4.69, 9.17) is 0 Å². The number of benzene rings is 1. The Morgan fingerprint density at radius 3 is 1.14 bits per heavy atom. The molecule has 0 aromatic heterocycles. The predicted molar refractivity (Wildman–Crippen MR) is 182 cm³/mol. The monoisotopic (exact) mass is 572 g/mol. The fraction of sp³-hybridized carbons (Fsp3) is 0.474. The molecule has 0 bridgehead atoms. The second-order valence-corrected chi connectivity index (χ2v) is 11.9. The zero-order valence-electron chi connectivity index (χ0n) is 27.7. The molecule has 0 saturated heterocycles. The van der Waals surface area contributed by atoms with Gasteiger partial charge in [0.2, 0.25) is 0 Å². The summed E-state index contributed by atoms with van der Waals surface area (Å²) in [5, 5.41) is 5.90. The minimum absolute atomic E-state index is 0.238. The highest BCUT2D eigenvalue weighted by atomic mass is 16.2. The van der Waals surface area contributed by atoms with Gasteiger partial charge in [-0.25, -0.2) is 0 Å². The minimum Gasteiger partial charge on any atom is -0.349 e. The highest BCUT2D eigenvalue weighted by Gasteiger charge is 2.15. The van der Waals surface area contributed by atoms with Crippen LogP contribution in [0.3, 0.4) is 0 Å². The Bertz CT molecular complexity index is 1090. The highest BCUT2D eigenvalue weighted by molar-refractivity contribution is 6.07. The molecule has 0 radical (unpaired) electrons. The first kappa shape index (κ1) is 36.6. The maximum Gasteiger partial charge on any atom is 0.252 e. The molecule has 1 aromatic rings. The van der Waals surface area contributed by atoms with Gasteiger partial charge < -0.3 is 10.6 Å². The summed E-state index contributed by atoms with van der Waals surface area (Å²) >= 11 is 0. The maximum atomic E-state index is 12.9. The highest BCUT2D eigenvalue weighted by Crippen LogP contribution is 2.13. The molecule has 2 N–H and O–H groups in total. The van der Waals surface area contributed by atoms with E-state index in [2.05, 4.69) is 102 Å². The lowest BCUT2D eigenvalue weighted by molar-refractivity contribution is 0.0924. The molecule has 0 fully saturated rings. The zero-order valence-corrected chi connectivity index (χ0v) is 27.7. The Morgan fingerprint density at radius 2 is 0.810 bits per heavy atom. The van der Waals surface area contributed by atoms with Crippen LogP contribution in [0.2, 0.25) is 0 Å². The van der Waals surface area contributed by atoms with Gasteiger partial charge in [-0.1, -0.05) is 82.0 Å². The molecule has 230 valence electrons. The number of carbonyl (C=O) groups is 2. The van der Waals surface area contributed by atoms with Gasteiger partial charge in [-0.15, -0.1) is 0 Å². The van der Waals surface area contributed by atoms with Crippen LogP contribution in [0, 0.1) is 0 Å². The van der Waals surface area contributed by atoms with E-state index in [1.54, 1.807) is 24.3 Å². The number of hydrogen-bond acceptors (Lipinski definition) is 2. The lowest BCUT2D eigenvalue weighted by Gasteiger charge is -2.10. The van der Waals surface area contributed by atoms with Crippen LogP contribution in [0.4, 0.5) is 0 Å². The number of carbonyl (C=O) groups excluding carboxylic acids is 2. The minimum atomic E-state index is -0.238. The Balaban J connectivity index is 2.53. The van der Waals surface area contributed by atoms with Crippen molar-refractivity contribution >= 4 is 11.8 Å². The molecule has 4 nitrogen and oxygen atoms in total. The summed E-state index contributed by atoms with van der Waals surface area (Å²) in [6, 6.07) is 6.99. The van der Waals surface area contributed by atoms with Crippen molar-refractivity contribution in [1.82, 2.24) is 10.6 Å². The van der Waals surface area contributed by atoms with E-state index in [1.807, 2.05) is 0 Å². The second kappa shape index (κ2) is 21.3. The van der Waals surface area contributed by atoms with Crippen molar-refractivity contribution in [2.24, 2.45) is 0 Å². The van der Waals surface area contributed by atoms with Gasteiger partial charge in [0.25, 0.3) is 11.8 Å². The summed E-state index contributed by atoms with van der Waals surface area (Å²) in [4.78, 5) is 25.8. The van der Waals surface area contributed by atoms with Crippen LogP contribution in [0.25, 0.3) is 0 Å². The molecule has 0 atom stereocenters. The van der Waals surface area contributed by atoms with Gasteiger partial charge in [0.05, 0.1) is 11.1 Å². The van der Waals surface area contributed by atoms with Crippen LogP contribution in [0.5, 0.6) is 0 Å². The largest absolute Gasteiger partial charge is 0.349 e. The summed E-state index contributed by atoms with van der Waals surface area (Å²) in [6.45, 7) is 18.0. The average molecular weight is 573 g/mol. The molecule has 0 aliphatic heterocycles. The van der Waals surface area contributed by atoms with E-state index in [1.165, 1.54) is 33.4 Å². The Hall–Kier alpha value is -3.40. The molecular formula is C38H56N2O2. The lowest BCUT2D eigenvalue weighted by atomic mass is 10.1. The number of hydrogen-bond donors (Lipinski definition) is 2. The molecule has 42 heavy (non-hydrogen) atoms. The van der Waals surface area contributed by atoms with Crippen LogP contribution in [0.15, 0.2) is 94.2 Å². The van der Waals surface area contributed by atoms with Crippen LogP contribution >= 0.6 is 0 Å². The first-order valence-corrected chi connectivity index (χ1v) is 15.5. The molecule has 4 heteroatoms. The van der Waals surface area contributed by atoms with Crippen molar-refractivity contribution in [1.29, 1.82) is 0 Å². The van der Waals surface area contributed by atoms with E-state index in [-0.39, 0.29) is 11.8 Å². The normalized spacial score (nSPS) is 12.6. The number of amides is 2. The van der Waals surface area contributed by atoms with E-state index in [0.717, 1.165) is 51.4 Å². The van der Waals surface area contributed by atoms with Gasteiger partial charge in [-0.2, -0.15) is 0 Å². The van der Waals surface area contributed by atoms with Crippen molar-refractivity contribution in [2.45, 2.75) is 107 Å². The molecule has 0 heterocycles. The molecule has 0 spiro atoms. The number of allylic oxidation sites excluding steroid dienone is 10. The van der Waals surface area contributed by atoms with Gasteiger partial charge in [0.15, 0.2) is 0 Å². The quantitative estimate of drug-likeness (QED) is 0.172. The van der Waals surface area contributed by atoms with Gasteiger partial charge in [0, 0.05) is 13.1 Å². The van der Waals surface area contributed by atoms with E-state index in [9.17, 15) is 9.59 Å². The van der Waals surface area contributed by atoms with Gasteiger partial charge in [-0.05, 0) is 119 Å². The maximum absolute atomic E-state index is 12.9. The van der Waals surface area contributed by atoms with E-state index in [0.29, 0.717) is 24.2 Å². The van der Waals surface area contributed by atoms with Crippen molar-refractivity contribution in [3.8, 4) is 0 Å². The smallest absolute Gasteiger partial charge is 0.252 e. The third kappa shape index (κ3) is 17.4.